The molecule has 0 aliphatic rings. The highest BCUT2D eigenvalue weighted by atomic mass is 32.1. The zero-order valence-electron chi connectivity index (χ0n) is 10.2. The van der Waals surface area contributed by atoms with Crippen molar-refractivity contribution in [2.45, 2.75) is 24.3 Å². The maximum absolute atomic E-state index is 14.1. The Hall–Kier alpha value is 0.330. The third kappa shape index (κ3) is 7.05. The smallest absolute Gasteiger partial charge is 0.183 e. The Kier molecular flexibility index (Phi) is 7.33. The summed E-state index contributed by atoms with van der Waals surface area (Å²) in [6.45, 7) is -0.106. The fourth-order valence-corrected chi connectivity index (χ4v) is 1.46. The van der Waals surface area contributed by atoms with E-state index in [1.165, 1.54) is 0 Å². The van der Waals surface area contributed by atoms with Gasteiger partial charge in [-0.25, -0.2) is 13.2 Å². The molecule has 0 rings (SSSR count). The molecule has 0 saturated heterocycles. The van der Waals surface area contributed by atoms with Crippen LogP contribution in [0.3, 0.4) is 0 Å². The predicted molar refractivity (Wildman–Crippen MR) is 74.1 cm³/mol. The van der Waals surface area contributed by atoms with Crippen LogP contribution in [-0.4, -0.2) is 48.5 Å². The van der Waals surface area contributed by atoms with Crippen molar-refractivity contribution in [3.63, 3.8) is 0 Å². The van der Waals surface area contributed by atoms with Gasteiger partial charge >= 0.3 is 0 Å². The zero-order chi connectivity index (χ0) is 14.4. The largest absolute Gasteiger partial charge is 0.326 e. The van der Waals surface area contributed by atoms with Crippen LogP contribution in [0.2, 0.25) is 0 Å². The molecule has 0 saturated carbocycles. The first kappa shape index (κ1) is 18.3. The van der Waals surface area contributed by atoms with E-state index in [1.807, 2.05) is 0 Å². The van der Waals surface area contributed by atoms with Crippen LogP contribution in [-0.2, 0) is 0 Å². The molecule has 0 fully saturated rings. The molecule has 0 aliphatic heterocycles. The van der Waals surface area contributed by atoms with Crippen LogP contribution in [0.5, 0.6) is 0 Å². The summed E-state index contributed by atoms with van der Waals surface area (Å²) in [6.07, 6.45) is 0. The van der Waals surface area contributed by atoms with Crippen molar-refractivity contribution in [3.8, 4) is 0 Å². The highest BCUT2D eigenvalue weighted by Crippen LogP contribution is 2.14. The molecule has 0 radical (unpaired) electrons. The van der Waals surface area contributed by atoms with Gasteiger partial charge in [0.15, 0.2) is 17.4 Å². The Morgan fingerprint density at radius 1 is 1.00 bits per heavy atom. The van der Waals surface area contributed by atoms with E-state index >= 15 is 0 Å². The molecule has 0 aromatic heterocycles. The van der Waals surface area contributed by atoms with Crippen molar-refractivity contribution < 1.29 is 13.2 Å². The number of nitrogens with two attached hydrogens (primary N) is 2. The molecule has 6 N–H and O–H groups in total. The Bertz CT molecular complexity index is 248. The SMILES string of the molecule is C[C@](N)(F)CNC(F)(CS)CN[C@@](F)(CN)CS. The van der Waals surface area contributed by atoms with Crippen LogP contribution in [0.1, 0.15) is 6.92 Å². The van der Waals surface area contributed by atoms with Gasteiger partial charge in [-0.3, -0.25) is 16.4 Å². The van der Waals surface area contributed by atoms with E-state index in [2.05, 4.69) is 35.9 Å². The van der Waals surface area contributed by atoms with Gasteiger partial charge in [0.2, 0.25) is 0 Å². The van der Waals surface area contributed by atoms with Gasteiger partial charge in [0.05, 0.1) is 0 Å². The lowest BCUT2D eigenvalue weighted by atomic mass is 10.2. The first-order chi connectivity index (χ1) is 8.10. The summed E-state index contributed by atoms with van der Waals surface area (Å²) in [4.78, 5) is 0. The van der Waals surface area contributed by atoms with Gasteiger partial charge in [0.1, 0.15) is 0 Å². The van der Waals surface area contributed by atoms with Crippen molar-refractivity contribution in [1.29, 1.82) is 0 Å². The normalized spacial score (nSPS) is 22.0. The van der Waals surface area contributed by atoms with Crippen LogP contribution < -0.4 is 22.1 Å². The minimum absolute atomic E-state index is 0.204. The van der Waals surface area contributed by atoms with Crippen molar-refractivity contribution in [2.24, 2.45) is 11.5 Å². The highest BCUT2D eigenvalue weighted by Gasteiger charge is 2.35. The molecular weight excluding hydrogens is 285 g/mol. The monoisotopic (exact) mass is 306 g/mol. The van der Waals surface area contributed by atoms with E-state index in [0.29, 0.717) is 0 Å². The zero-order valence-corrected chi connectivity index (χ0v) is 12.0. The number of alkyl halides is 3. The minimum Gasteiger partial charge on any atom is -0.326 e. The van der Waals surface area contributed by atoms with Crippen LogP contribution in [0.4, 0.5) is 13.2 Å². The second-order valence-electron chi connectivity index (χ2n) is 4.44. The van der Waals surface area contributed by atoms with E-state index in [9.17, 15) is 13.2 Å². The van der Waals surface area contributed by atoms with Crippen LogP contribution in [0.15, 0.2) is 0 Å². The highest BCUT2D eigenvalue weighted by molar-refractivity contribution is 7.80. The van der Waals surface area contributed by atoms with Gasteiger partial charge in [0.25, 0.3) is 0 Å². The summed E-state index contributed by atoms with van der Waals surface area (Å²) in [6, 6.07) is 0. The first-order valence-corrected chi connectivity index (χ1v) is 6.64. The topological polar surface area (TPSA) is 76.1 Å². The maximum Gasteiger partial charge on any atom is 0.183 e. The van der Waals surface area contributed by atoms with E-state index < -0.39 is 30.5 Å². The Morgan fingerprint density at radius 2 is 1.44 bits per heavy atom. The van der Waals surface area contributed by atoms with Gasteiger partial charge in [-0.2, -0.15) is 25.3 Å². The number of nitrogens with one attached hydrogen (secondary N) is 2. The number of hydrogen-bond donors (Lipinski definition) is 6. The first-order valence-electron chi connectivity index (χ1n) is 5.37. The number of rotatable bonds is 9. The summed E-state index contributed by atoms with van der Waals surface area (Å²) in [5.41, 5.74) is 10.3. The summed E-state index contributed by atoms with van der Waals surface area (Å²) in [5.74, 6) is -6.62. The maximum atomic E-state index is 14.1. The molecule has 0 spiro atoms. The molecule has 0 heterocycles. The molecule has 18 heavy (non-hydrogen) atoms. The third-order valence-corrected chi connectivity index (χ3v) is 3.26. The van der Waals surface area contributed by atoms with Crippen molar-refractivity contribution in [3.05, 3.63) is 0 Å². The van der Waals surface area contributed by atoms with Gasteiger partial charge < -0.3 is 5.73 Å². The van der Waals surface area contributed by atoms with Gasteiger partial charge in [-0.15, -0.1) is 0 Å². The summed E-state index contributed by atoms with van der Waals surface area (Å²) >= 11 is 7.58. The molecule has 0 aromatic carbocycles. The summed E-state index contributed by atoms with van der Waals surface area (Å²) in [7, 11) is 0. The Balaban J connectivity index is 4.39. The number of halogens is 3. The second kappa shape index (κ2) is 7.20. The van der Waals surface area contributed by atoms with Gasteiger partial charge in [-0.1, -0.05) is 0 Å². The lowest BCUT2D eigenvalue weighted by Gasteiger charge is -2.31. The standard InChI is InChI=1S/C9H21F3N4S2/c1-7(10,14)3-15-9(12,6-18)4-16-8(11,2-13)5-17/h15-18H,2-6,13-14H2,1H3/t7-,8+,9?/m1/s1. The molecule has 110 valence electrons. The van der Waals surface area contributed by atoms with Crippen LogP contribution in [0, 0.1) is 0 Å². The lowest BCUT2D eigenvalue weighted by molar-refractivity contribution is 0.0684. The van der Waals surface area contributed by atoms with Gasteiger partial charge in [0, 0.05) is 31.1 Å². The van der Waals surface area contributed by atoms with Crippen LogP contribution in [0.25, 0.3) is 0 Å². The summed E-state index contributed by atoms with van der Waals surface area (Å²) < 4.78 is 41.0. The molecule has 0 amide bonds. The van der Waals surface area contributed by atoms with E-state index in [0.717, 1.165) is 6.92 Å². The second-order valence-corrected chi connectivity index (χ2v) is 5.07. The number of hydrogen-bond acceptors (Lipinski definition) is 6. The molecular formula is C9H21F3N4S2. The molecule has 0 aliphatic carbocycles. The molecule has 1 unspecified atom stereocenters. The molecule has 0 aromatic rings. The average molecular weight is 306 g/mol. The Labute approximate surface area is 116 Å². The van der Waals surface area contributed by atoms with Gasteiger partial charge in [-0.05, 0) is 6.92 Å². The minimum atomic E-state index is -2.09. The molecule has 4 nitrogen and oxygen atoms in total. The molecule has 3 atom stereocenters. The Morgan fingerprint density at radius 3 is 1.78 bits per heavy atom. The van der Waals surface area contributed by atoms with Crippen molar-refractivity contribution in [2.75, 3.05) is 31.1 Å². The summed E-state index contributed by atoms with van der Waals surface area (Å²) in [5, 5.41) is 4.57. The molecule has 0 bridgehead atoms. The predicted octanol–water partition coefficient (Wildman–Crippen LogP) is -0.0401. The average Bonchev–Trinajstić information content (AvgIpc) is 2.33. The fourth-order valence-electron chi connectivity index (χ4n) is 0.997. The van der Waals surface area contributed by atoms with Crippen molar-refractivity contribution in [1.82, 2.24) is 10.6 Å². The fraction of sp³-hybridized carbons (Fsp3) is 1.00. The van der Waals surface area contributed by atoms with E-state index in [1.54, 1.807) is 0 Å². The number of thiol groups is 2. The van der Waals surface area contributed by atoms with E-state index in [-0.39, 0.29) is 18.1 Å². The quantitative estimate of drug-likeness (QED) is 0.267. The third-order valence-electron chi connectivity index (χ3n) is 2.26. The van der Waals surface area contributed by atoms with Crippen molar-refractivity contribution >= 4 is 25.3 Å². The van der Waals surface area contributed by atoms with Crippen LogP contribution >= 0.6 is 25.3 Å². The molecule has 9 heteroatoms. The lowest BCUT2D eigenvalue weighted by Crippen LogP contribution is -2.60. The van der Waals surface area contributed by atoms with E-state index in [4.69, 9.17) is 11.5 Å².